The molecular formula is C23H23N3O3. The minimum Gasteiger partial charge on any atom is -0.459 e. The van der Waals surface area contributed by atoms with Crippen molar-refractivity contribution in [1.82, 2.24) is 4.90 Å². The monoisotopic (exact) mass is 389 g/mol. The van der Waals surface area contributed by atoms with Crippen molar-refractivity contribution in [2.75, 3.05) is 23.3 Å². The number of benzene rings is 2. The molecule has 2 heterocycles. The summed E-state index contributed by atoms with van der Waals surface area (Å²) in [5.74, 6) is -0.0769. The van der Waals surface area contributed by atoms with Gasteiger partial charge in [0.25, 0.3) is 5.91 Å². The lowest BCUT2D eigenvalue weighted by molar-refractivity contribution is 0.0996. The van der Waals surface area contributed by atoms with Crippen LogP contribution in [0.2, 0.25) is 0 Å². The molecule has 29 heavy (non-hydrogen) atoms. The standard InChI is InChI=1S/C23H23N3O3/c1-17-6-2-7-18(14-17)16-25-11-5-12-26(23(25)28)20-9-3-8-19(15-20)24-22(27)21-10-4-13-29-21/h2-4,6-10,13-15H,5,11-12,16H2,1H3,(H,24,27). The van der Waals surface area contributed by atoms with Gasteiger partial charge in [0.1, 0.15) is 0 Å². The molecule has 3 aromatic rings. The number of rotatable bonds is 5. The van der Waals surface area contributed by atoms with E-state index >= 15 is 0 Å². The van der Waals surface area contributed by atoms with E-state index in [2.05, 4.69) is 24.4 Å². The maximum atomic E-state index is 13.1. The van der Waals surface area contributed by atoms with Crippen molar-refractivity contribution in [3.05, 3.63) is 83.8 Å². The number of furan rings is 1. The Morgan fingerprint density at radius 2 is 1.93 bits per heavy atom. The van der Waals surface area contributed by atoms with Crippen LogP contribution in [-0.2, 0) is 6.54 Å². The number of nitrogens with zero attached hydrogens (tertiary/aromatic N) is 2. The lowest BCUT2D eigenvalue weighted by Gasteiger charge is -2.36. The predicted octanol–water partition coefficient (Wildman–Crippen LogP) is 4.67. The molecule has 2 aromatic carbocycles. The minimum atomic E-state index is -0.321. The Morgan fingerprint density at radius 3 is 2.72 bits per heavy atom. The molecular weight excluding hydrogens is 366 g/mol. The number of amides is 3. The first-order chi connectivity index (χ1) is 14.1. The zero-order valence-electron chi connectivity index (χ0n) is 16.3. The first kappa shape index (κ1) is 18.8. The van der Waals surface area contributed by atoms with Gasteiger partial charge >= 0.3 is 6.03 Å². The van der Waals surface area contributed by atoms with E-state index in [4.69, 9.17) is 4.42 Å². The highest BCUT2D eigenvalue weighted by Gasteiger charge is 2.27. The summed E-state index contributed by atoms with van der Waals surface area (Å²) in [6, 6.07) is 18.8. The molecule has 0 aliphatic carbocycles. The Bertz CT molecular complexity index is 1010. The first-order valence-corrected chi connectivity index (χ1v) is 9.67. The average molecular weight is 389 g/mol. The summed E-state index contributed by atoms with van der Waals surface area (Å²) in [7, 11) is 0. The van der Waals surface area contributed by atoms with Crippen molar-refractivity contribution in [2.24, 2.45) is 0 Å². The van der Waals surface area contributed by atoms with Crippen LogP contribution in [0.3, 0.4) is 0 Å². The van der Waals surface area contributed by atoms with Gasteiger partial charge in [-0.15, -0.1) is 0 Å². The number of hydrogen-bond donors (Lipinski definition) is 1. The van der Waals surface area contributed by atoms with Gasteiger partial charge in [-0.25, -0.2) is 4.79 Å². The van der Waals surface area contributed by atoms with Gasteiger partial charge < -0.3 is 14.6 Å². The average Bonchev–Trinajstić information content (AvgIpc) is 3.25. The quantitative estimate of drug-likeness (QED) is 0.689. The van der Waals surface area contributed by atoms with Gasteiger partial charge in [0, 0.05) is 31.0 Å². The Hall–Kier alpha value is -3.54. The van der Waals surface area contributed by atoms with E-state index in [0.29, 0.717) is 18.8 Å². The summed E-state index contributed by atoms with van der Waals surface area (Å²) in [5.41, 5.74) is 3.69. The lowest BCUT2D eigenvalue weighted by Crippen LogP contribution is -2.49. The van der Waals surface area contributed by atoms with E-state index in [-0.39, 0.29) is 17.7 Å². The van der Waals surface area contributed by atoms with Gasteiger partial charge in [0.2, 0.25) is 0 Å². The van der Waals surface area contributed by atoms with Crippen molar-refractivity contribution in [1.29, 1.82) is 0 Å². The Morgan fingerprint density at radius 1 is 1.07 bits per heavy atom. The number of anilines is 2. The molecule has 0 atom stereocenters. The molecule has 1 N–H and O–H groups in total. The fourth-order valence-corrected chi connectivity index (χ4v) is 3.55. The lowest BCUT2D eigenvalue weighted by atomic mass is 10.1. The zero-order chi connectivity index (χ0) is 20.2. The second-order valence-electron chi connectivity index (χ2n) is 7.18. The number of carbonyl (C=O) groups is 2. The van der Waals surface area contributed by atoms with Crippen molar-refractivity contribution in [3.63, 3.8) is 0 Å². The molecule has 1 fully saturated rings. The van der Waals surface area contributed by atoms with E-state index in [9.17, 15) is 9.59 Å². The Balaban J connectivity index is 1.48. The van der Waals surface area contributed by atoms with Gasteiger partial charge in [0.05, 0.1) is 6.26 Å². The van der Waals surface area contributed by atoms with Crippen molar-refractivity contribution in [3.8, 4) is 0 Å². The van der Waals surface area contributed by atoms with Crippen LogP contribution in [0.4, 0.5) is 16.2 Å². The fraction of sp³-hybridized carbons (Fsp3) is 0.217. The molecule has 1 saturated heterocycles. The molecule has 0 unspecified atom stereocenters. The van der Waals surface area contributed by atoms with E-state index in [0.717, 1.165) is 24.2 Å². The molecule has 0 spiro atoms. The van der Waals surface area contributed by atoms with Gasteiger partial charge in [-0.2, -0.15) is 0 Å². The van der Waals surface area contributed by atoms with Crippen LogP contribution in [-0.4, -0.2) is 29.9 Å². The van der Waals surface area contributed by atoms with Gasteiger partial charge in [0.15, 0.2) is 5.76 Å². The molecule has 3 amide bonds. The summed E-state index contributed by atoms with van der Waals surface area (Å²) < 4.78 is 5.13. The van der Waals surface area contributed by atoms with Crippen LogP contribution in [0.25, 0.3) is 0 Å². The third-order valence-corrected chi connectivity index (χ3v) is 4.93. The number of hydrogen-bond acceptors (Lipinski definition) is 3. The van der Waals surface area contributed by atoms with Crippen molar-refractivity contribution < 1.29 is 14.0 Å². The number of carbonyl (C=O) groups excluding carboxylic acids is 2. The highest BCUT2D eigenvalue weighted by molar-refractivity contribution is 6.02. The van der Waals surface area contributed by atoms with Crippen molar-refractivity contribution in [2.45, 2.75) is 19.9 Å². The SMILES string of the molecule is Cc1cccc(CN2CCCN(c3cccc(NC(=O)c4ccco4)c3)C2=O)c1. The predicted molar refractivity (Wildman–Crippen MR) is 112 cm³/mol. The highest BCUT2D eigenvalue weighted by Crippen LogP contribution is 2.25. The smallest absolute Gasteiger partial charge is 0.324 e. The topological polar surface area (TPSA) is 65.8 Å². The summed E-state index contributed by atoms with van der Waals surface area (Å²) in [6.07, 6.45) is 2.35. The molecule has 0 bridgehead atoms. The number of urea groups is 1. The van der Waals surface area contributed by atoms with Gasteiger partial charge in [-0.3, -0.25) is 9.69 Å². The second-order valence-corrected chi connectivity index (χ2v) is 7.18. The third kappa shape index (κ3) is 4.32. The molecule has 1 aliphatic heterocycles. The first-order valence-electron chi connectivity index (χ1n) is 9.67. The van der Waals surface area contributed by atoms with Crippen LogP contribution in [0.15, 0.2) is 71.3 Å². The molecule has 0 radical (unpaired) electrons. The third-order valence-electron chi connectivity index (χ3n) is 4.93. The van der Waals surface area contributed by atoms with Crippen LogP contribution in [0.5, 0.6) is 0 Å². The van der Waals surface area contributed by atoms with Gasteiger partial charge in [-0.05, 0) is 49.2 Å². The number of aryl methyl sites for hydroxylation is 1. The summed E-state index contributed by atoms with van der Waals surface area (Å²) in [6.45, 7) is 4.03. The second kappa shape index (κ2) is 8.22. The van der Waals surface area contributed by atoms with Crippen LogP contribution in [0, 0.1) is 6.92 Å². The molecule has 6 heteroatoms. The highest BCUT2D eigenvalue weighted by atomic mass is 16.3. The Kier molecular flexibility index (Phi) is 5.33. The zero-order valence-corrected chi connectivity index (χ0v) is 16.3. The van der Waals surface area contributed by atoms with Crippen molar-refractivity contribution >= 4 is 23.3 Å². The normalized spacial score (nSPS) is 14.2. The maximum Gasteiger partial charge on any atom is 0.324 e. The molecule has 1 aliphatic rings. The van der Waals surface area contributed by atoms with Crippen LogP contribution >= 0.6 is 0 Å². The van der Waals surface area contributed by atoms with Gasteiger partial charge in [-0.1, -0.05) is 35.9 Å². The number of nitrogens with one attached hydrogen (secondary N) is 1. The molecule has 148 valence electrons. The van der Waals surface area contributed by atoms with E-state index in [1.807, 2.05) is 35.2 Å². The van der Waals surface area contributed by atoms with Crippen LogP contribution < -0.4 is 10.2 Å². The molecule has 4 rings (SSSR count). The molecule has 0 saturated carbocycles. The Labute approximate surface area is 169 Å². The van der Waals surface area contributed by atoms with E-state index < -0.39 is 0 Å². The molecule has 6 nitrogen and oxygen atoms in total. The summed E-state index contributed by atoms with van der Waals surface area (Å²) in [5, 5.41) is 2.81. The minimum absolute atomic E-state index is 0.0210. The van der Waals surface area contributed by atoms with E-state index in [1.165, 1.54) is 11.8 Å². The van der Waals surface area contributed by atoms with E-state index in [1.54, 1.807) is 23.1 Å². The largest absolute Gasteiger partial charge is 0.459 e. The summed E-state index contributed by atoms with van der Waals surface area (Å²) >= 11 is 0. The maximum absolute atomic E-state index is 13.1. The van der Waals surface area contributed by atoms with Crippen LogP contribution in [0.1, 0.15) is 28.1 Å². The fourth-order valence-electron chi connectivity index (χ4n) is 3.55. The molecule has 1 aromatic heterocycles. The summed E-state index contributed by atoms with van der Waals surface area (Å²) in [4.78, 5) is 28.9.